The van der Waals surface area contributed by atoms with E-state index in [0.29, 0.717) is 19.5 Å². The summed E-state index contributed by atoms with van der Waals surface area (Å²) in [5, 5.41) is 17.8. The first-order valence-electron chi connectivity index (χ1n) is 4.32. The molecule has 0 unspecified atom stereocenters. The minimum absolute atomic E-state index is 0.301. The van der Waals surface area contributed by atoms with Gasteiger partial charge in [0.25, 0.3) is 5.91 Å². The maximum atomic E-state index is 11.5. The van der Waals surface area contributed by atoms with Gasteiger partial charge in [-0.1, -0.05) is 0 Å². The molecule has 0 aromatic rings. The second-order valence-electron chi connectivity index (χ2n) is 3.35. The summed E-state index contributed by atoms with van der Waals surface area (Å²) in [6.45, 7) is 5.62. The van der Waals surface area contributed by atoms with Crippen LogP contribution < -0.4 is 0 Å². The molecule has 1 amide bonds. The van der Waals surface area contributed by atoms with Gasteiger partial charge in [-0.05, 0) is 20.8 Å². The monoisotopic (exact) mass is 184 g/mol. The molecular weight excluding hydrogens is 168 g/mol. The summed E-state index contributed by atoms with van der Waals surface area (Å²) in [6, 6.07) is 1.96. The number of carbonyl (C=O) groups excluding carboxylic acids is 1. The smallest absolute Gasteiger partial charge is 0.253 e. The van der Waals surface area contributed by atoms with Crippen molar-refractivity contribution in [2.45, 2.75) is 32.8 Å². The molecule has 13 heavy (non-hydrogen) atoms. The summed E-state index contributed by atoms with van der Waals surface area (Å²) in [7, 11) is 0. The lowest BCUT2D eigenvalue weighted by Crippen LogP contribution is -2.45. The number of nitriles is 1. The van der Waals surface area contributed by atoms with Gasteiger partial charge in [0.1, 0.15) is 5.60 Å². The lowest BCUT2D eigenvalue weighted by Gasteiger charge is -2.26. The molecule has 4 nitrogen and oxygen atoms in total. The second-order valence-corrected chi connectivity index (χ2v) is 3.35. The van der Waals surface area contributed by atoms with Crippen LogP contribution in [0.5, 0.6) is 0 Å². The van der Waals surface area contributed by atoms with Crippen LogP contribution in [0.2, 0.25) is 0 Å². The average Bonchev–Trinajstić information content (AvgIpc) is 2.04. The number of amides is 1. The zero-order valence-electron chi connectivity index (χ0n) is 8.37. The molecule has 0 bridgehead atoms. The molecule has 0 saturated heterocycles. The summed E-state index contributed by atoms with van der Waals surface area (Å²) in [4.78, 5) is 12.9. The van der Waals surface area contributed by atoms with Crippen molar-refractivity contribution in [1.29, 1.82) is 5.26 Å². The van der Waals surface area contributed by atoms with Gasteiger partial charge in [0.2, 0.25) is 0 Å². The first-order chi connectivity index (χ1) is 5.93. The third-order valence-corrected chi connectivity index (χ3v) is 1.69. The summed E-state index contributed by atoms with van der Waals surface area (Å²) in [5.41, 5.74) is -1.34. The van der Waals surface area contributed by atoms with Crippen LogP contribution in [0, 0.1) is 11.3 Å². The molecule has 0 saturated carbocycles. The molecule has 0 rings (SSSR count). The third-order valence-electron chi connectivity index (χ3n) is 1.69. The van der Waals surface area contributed by atoms with Crippen LogP contribution in [-0.2, 0) is 4.79 Å². The molecule has 0 spiro atoms. The SMILES string of the molecule is CCN(CCC#N)C(=O)C(C)(C)O. The minimum atomic E-state index is -1.34. The Morgan fingerprint density at radius 3 is 2.46 bits per heavy atom. The summed E-state index contributed by atoms with van der Waals surface area (Å²) in [5.74, 6) is -0.328. The molecule has 0 fully saturated rings. The zero-order chi connectivity index (χ0) is 10.5. The lowest BCUT2D eigenvalue weighted by atomic mass is 10.1. The Balaban J connectivity index is 4.26. The van der Waals surface area contributed by atoms with Gasteiger partial charge in [0, 0.05) is 13.1 Å². The zero-order valence-corrected chi connectivity index (χ0v) is 8.37. The van der Waals surface area contributed by atoms with E-state index >= 15 is 0 Å². The molecule has 0 atom stereocenters. The third kappa shape index (κ3) is 3.90. The Morgan fingerprint density at radius 2 is 2.15 bits per heavy atom. The Hall–Kier alpha value is -1.08. The van der Waals surface area contributed by atoms with Gasteiger partial charge in [0.15, 0.2) is 0 Å². The van der Waals surface area contributed by atoms with Crippen molar-refractivity contribution in [1.82, 2.24) is 4.90 Å². The van der Waals surface area contributed by atoms with Crippen molar-refractivity contribution >= 4 is 5.91 Å². The fraction of sp³-hybridized carbons (Fsp3) is 0.778. The largest absolute Gasteiger partial charge is 0.381 e. The first kappa shape index (κ1) is 11.9. The number of likely N-dealkylation sites (N-methyl/N-ethyl adjacent to an activating group) is 1. The molecular formula is C9H16N2O2. The molecule has 74 valence electrons. The Bertz CT molecular complexity index is 213. The van der Waals surface area contributed by atoms with Crippen molar-refractivity contribution in [2.75, 3.05) is 13.1 Å². The van der Waals surface area contributed by atoms with Crippen molar-refractivity contribution in [3.05, 3.63) is 0 Å². The van der Waals surface area contributed by atoms with Gasteiger partial charge in [-0.3, -0.25) is 4.79 Å². The summed E-state index contributed by atoms with van der Waals surface area (Å²) < 4.78 is 0. The molecule has 0 heterocycles. The van der Waals surface area contributed by atoms with E-state index in [0.717, 1.165) is 0 Å². The maximum Gasteiger partial charge on any atom is 0.253 e. The number of aliphatic hydroxyl groups is 1. The van der Waals surface area contributed by atoms with Crippen LogP contribution >= 0.6 is 0 Å². The molecule has 0 aromatic heterocycles. The molecule has 4 heteroatoms. The molecule has 0 radical (unpaired) electrons. The van der Waals surface area contributed by atoms with Crippen LogP contribution in [-0.4, -0.2) is 34.6 Å². The van der Waals surface area contributed by atoms with E-state index in [1.165, 1.54) is 18.7 Å². The van der Waals surface area contributed by atoms with E-state index in [1.807, 2.05) is 13.0 Å². The molecule has 0 aliphatic carbocycles. The lowest BCUT2D eigenvalue weighted by molar-refractivity contribution is -0.147. The number of rotatable bonds is 4. The van der Waals surface area contributed by atoms with E-state index in [9.17, 15) is 9.90 Å². The Labute approximate surface area is 78.8 Å². The van der Waals surface area contributed by atoms with Crippen LogP contribution in [0.4, 0.5) is 0 Å². The highest BCUT2D eigenvalue weighted by molar-refractivity contribution is 5.84. The summed E-state index contributed by atoms with van der Waals surface area (Å²) in [6.07, 6.45) is 0.301. The van der Waals surface area contributed by atoms with Crippen molar-refractivity contribution in [3.8, 4) is 6.07 Å². The van der Waals surface area contributed by atoms with E-state index in [1.54, 1.807) is 0 Å². The number of hydrogen-bond acceptors (Lipinski definition) is 3. The van der Waals surface area contributed by atoms with Crippen molar-refractivity contribution in [3.63, 3.8) is 0 Å². The quantitative estimate of drug-likeness (QED) is 0.692. The van der Waals surface area contributed by atoms with Crippen LogP contribution in [0.25, 0.3) is 0 Å². The fourth-order valence-electron chi connectivity index (χ4n) is 0.975. The molecule has 1 N–H and O–H groups in total. The van der Waals surface area contributed by atoms with Gasteiger partial charge in [0.05, 0.1) is 12.5 Å². The maximum absolute atomic E-state index is 11.5. The van der Waals surface area contributed by atoms with Crippen molar-refractivity contribution in [2.24, 2.45) is 0 Å². The van der Waals surface area contributed by atoms with Crippen LogP contribution in [0.15, 0.2) is 0 Å². The fourth-order valence-corrected chi connectivity index (χ4v) is 0.975. The van der Waals surface area contributed by atoms with E-state index in [-0.39, 0.29) is 5.91 Å². The topological polar surface area (TPSA) is 64.3 Å². The number of hydrogen-bond donors (Lipinski definition) is 1. The van der Waals surface area contributed by atoms with Crippen molar-refractivity contribution < 1.29 is 9.90 Å². The molecule has 0 aliphatic heterocycles. The van der Waals surface area contributed by atoms with Gasteiger partial charge in [-0.2, -0.15) is 5.26 Å². The number of nitrogens with zero attached hydrogens (tertiary/aromatic N) is 2. The predicted molar refractivity (Wildman–Crippen MR) is 48.8 cm³/mol. The minimum Gasteiger partial charge on any atom is -0.381 e. The summed E-state index contributed by atoms with van der Waals surface area (Å²) >= 11 is 0. The molecule has 0 aliphatic rings. The highest BCUT2D eigenvalue weighted by Gasteiger charge is 2.27. The highest BCUT2D eigenvalue weighted by Crippen LogP contribution is 2.07. The standard InChI is InChI=1S/C9H16N2O2/c1-4-11(7-5-6-10)8(12)9(2,3)13/h13H,4-5,7H2,1-3H3. The Kier molecular flexibility index (Phi) is 4.43. The van der Waals surface area contributed by atoms with Gasteiger partial charge >= 0.3 is 0 Å². The highest BCUT2D eigenvalue weighted by atomic mass is 16.3. The van der Waals surface area contributed by atoms with E-state index in [2.05, 4.69) is 0 Å². The Morgan fingerprint density at radius 1 is 1.62 bits per heavy atom. The van der Waals surface area contributed by atoms with Gasteiger partial charge in [-0.25, -0.2) is 0 Å². The molecule has 0 aromatic carbocycles. The van der Waals surface area contributed by atoms with Gasteiger partial charge < -0.3 is 10.0 Å². The average molecular weight is 184 g/mol. The van der Waals surface area contributed by atoms with Gasteiger partial charge in [-0.15, -0.1) is 0 Å². The normalized spacial score (nSPS) is 10.7. The van der Waals surface area contributed by atoms with E-state index in [4.69, 9.17) is 5.26 Å². The second kappa shape index (κ2) is 4.83. The predicted octanol–water partition coefficient (Wildman–Crippen LogP) is 0.519. The van der Waals surface area contributed by atoms with Crippen LogP contribution in [0.1, 0.15) is 27.2 Å². The van der Waals surface area contributed by atoms with Crippen LogP contribution in [0.3, 0.4) is 0 Å². The number of carbonyl (C=O) groups is 1. The first-order valence-corrected chi connectivity index (χ1v) is 4.32. The van der Waals surface area contributed by atoms with E-state index < -0.39 is 5.60 Å².